The zero-order valence-corrected chi connectivity index (χ0v) is 13.2. The number of pyridine rings is 1. The van der Waals surface area contributed by atoms with Crippen molar-refractivity contribution in [3.05, 3.63) is 63.6 Å². The molecule has 0 spiro atoms. The Morgan fingerprint density at radius 2 is 2.10 bits per heavy atom. The van der Waals surface area contributed by atoms with E-state index in [4.69, 9.17) is 0 Å². The van der Waals surface area contributed by atoms with Gasteiger partial charge < -0.3 is 5.32 Å². The molecule has 0 saturated carbocycles. The molecular formula is C16H18BrFN2. The fourth-order valence-electron chi connectivity index (χ4n) is 2.15. The normalized spacial score (nSPS) is 12.4. The molecule has 0 amide bonds. The Morgan fingerprint density at radius 1 is 1.30 bits per heavy atom. The van der Waals surface area contributed by atoms with Crippen LogP contribution in [-0.2, 0) is 6.42 Å². The van der Waals surface area contributed by atoms with Crippen LogP contribution in [0.5, 0.6) is 0 Å². The Hall–Kier alpha value is -1.26. The molecule has 1 aromatic carbocycles. The largest absolute Gasteiger partial charge is 0.310 e. The molecule has 2 nitrogen and oxygen atoms in total. The van der Waals surface area contributed by atoms with E-state index in [1.165, 1.54) is 6.07 Å². The Morgan fingerprint density at radius 3 is 2.75 bits per heavy atom. The van der Waals surface area contributed by atoms with Crippen LogP contribution in [0.2, 0.25) is 0 Å². The maximum Gasteiger partial charge on any atom is 0.123 e. The van der Waals surface area contributed by atoms with Crippen LogP contribution in [0.3, 0.4) is 0 Å². The van der Waals surface area contributed by atoms with E-state index in [9.17, 15) is 4.39 Å². The van der Waals surface area contributed by atoms with Gasteiger partial charge >= 0.3 is 0 Å². The highest BCUT2D eigenvalue weighted by atomic mass is 79.9. The van der Waals surface area contributed by atoms with Crippen molar-refractivity contribution in [2.24, 2.45) is 0 Å². The van der Waals surface area contributed by atoms with Crippen LogP contribution in [0.25, 0.3) is 0 Å². The van der Waals surface area contributed by atoms with Gasteiger partial charge in [-0.1, -0.05) is 28.9 Å². The summed E-state index contributed by atoms with van der Waals surface area (Å²) in [5, 5.41) is 3.39. The number of rotatable bonds is 5. The van der Waals surface area contributed by atoms with E-state index in [1.54, 1.807) is 12.1 Å². The number of nitrogens with zero attached hydrogens (tertiary/aromatic N) is 1. The van der Waals surface area contributed by atoms with E-state index in [-0.39, 0.29) is 11.9 Å². The third kappa shape index (κ3) is 3.87. The van der Waals surface area contributed by atoms with Crippen molar-refractivity contribution in [3.8, 4) is 0 Å². The molecule has 1 N–H and O–H groups in total. The van der Waals surface area contributed by atoms with Gasteiger partial charge in [-0.15, -0.1) is 0 Å². The van der Waals surface area contributed by atoms with Gasteiger partial charge in [0.2, 0.25) is 0 Å². The molecule has 0 fully saturated rings. The highest BCUT2D eigenvalue weighted by Crippen LogP contribution is 2.26. The Labute approximate surface area is 127 Å². The van der Waals surface area contributed by atoms with Crippen molar-refractivity contribution in [1.82, 2.24) is 10.3 Å². The second kappa shape index (κ2) is 6.95. The van der Waals surface area contributed by atoms with Crippen molar-refractivity contribution >= 4 is 15.9 Å². The molecule has 1 unspecified atom stereocenters. The average Bonchev–Trinajstić information content (AvgIpc) is 2.43. The first-order chi connectivity index (χ1) is 9.60. The number of benzene rings is 1. The molecule has 20 heavy (non-hydrogen) atoms. The molecule has 0 aliphatic rings. The number of aromatic nitrogens is 1. The van der Waals surface area contributed by atoms with Crippen LogP contribution in [0.15, 0.2) is 41.0 Å². The summed E-state index contributed by atoms with van der Waals surface area (Å²) in [5.74, 6) is -0.219. The SMILES string of the molecule is CCNC(Cc1ccc(C)cn1)c1cc(F)ccc1Br. The second-order valence-corrected chi connectivity index (χ2v) is 5.66. The summed E-state index contributed by atoms with van der Waals surface area (Å²) in [4.78, 5) is 4.43. The van der Waals surface area contributed by atoms with Crippen LogP contribution < -0.4 is 5.32 Å². The fraction of sp³-hybridized carbons (Fsp3) is 0.312. The molecule has 106 valence electrons. The molecule has 0 aliphatic heterocycles. The molecule has 0 aliphatic carbocycles. The lowest BCUT2D eigenvalue weighted by Crippen LogP contribution is -2.23. The minimum absolute atomic E-state index is 0.0419. The van der Waals surface area contributed by atoms with Crippen LogP contribution >= 0.6 is 15.9 Å². The van der Waals surface area contributed by atoms with Gasteiger partial charge in [0.15, 0.2) is 0 Å². The molecule has 4 heteroatoms. The summed E-state index contributed by atoms with van der Waals surface area (Å²) >= 11 is 3.50. The first kappa shape index (κ1) is 15.1. The molecule has 1 heterocycles. The van der Waals surface area contributed by atoms with E-state index >= 15 is 0 Å². The van der Waals surface area contributed by atoms with Gasteiger partial charge in [0.05, 0.1) is 0 Å². The van der Waals surface area contributed by atoms with Crippen molar-refractivity contribution in [3.63, 3.8) is 0 Å². The second-order valence-electron chi connectivity index (χ2n) is 4.81. The number of halogens is 2. The van der Waals surface area contributed by atoms with Gasteiger partial charge in [-0.2, -0.15) is 0 Å². The minimum atomic E-state index is -0.219. The maximum atomic E-state index is 13.5. The van der Waals surface area contributed by atoms with Gasteiger partial charge in [-0.05, 0) is 48.9 Å². The molecule has 2 aromatic rings. The van der Waals surface area contributed by atoms with Crippen molar-refractivity contribution < 1.29 is 4.39 Å². The van der Waals surface area contributed by atoms with Crippen LogP contribution in [0.4, 0.5) is 4.39 Å². The van der Waals surface area contributed by atoms with Crippen LogP contribution in [0, 0.1) is 12.7 Å². The van der Waals surface area contributed by atoms with Gasteiger partial charge in [-0.25, -0.2) is 4.39 Å². The third-order valence-corrected chi connectivity index (χ3v) is 3.89. The Balaban J connectivity index is 2.26. The van der Waals surface area contributed by atoms with E-state index in [0.29, 0.717) is 0 Å². The lowest BCUT2D eigenvalue weighted by Gasteiger charge is -2.19. The standard InChI is InChI=1S/C16H18BrFN2/c1-3-19-16(9-13-6-4-11(2)10-20-13)14-8-12(18)5-7-15(14)17/h4-8,10,16,19H,3,9H2,1-2H3. The Bertz CT molecular complexity index is 569. The predicted molar refractivity (Wildman–Crippen MR) is 83.2 cm³/mol. The lowest BCUT2D eigenvalue weighted by atomic mass is 10.0. The molecule has 0 radical (unpaired) electrons. The van der Waals surface area contributed by atoms with Crippen LogP contribution in [-0.4, -0.2) is 11.5 Å². The fourth-order valence-corrected chi connectivity index (χ4v) is 2.67. The number of likely N-dealkylation sites (N-methyl/N-ethyl adjacent to an activating group) is 1. The number of hydrogen-bond donors (Lipinski definition) is 1. The summed E-state index contributed by atoms with van der Waals surface area (Å²) < 4.78 is 14.4. The first-order valence-corrected chi connectivity index (χ1v) is 7.49. The van der Waals surface area contributed by atoms with Crippen molar-refractivity contribution in [1.29, 1.82) is 0 Å². The molecule has 0 saturated heterocycles. The monoisotopic (exact) mass is 336 g/mol. The third-order valence-electron chi connectivity index (χ3n) is 3.17. The van der Waals surface area contributed by atoms with Gasteiger partial charge in [0.1, 0.15) is 5.82 Å². The molecular weight excluding hydrogens is 319 g/mol. The molecule has 0 bridgehead atoms. The Kier molecular flexibility index (Phi) is 5.26. The molecule has 1 atom stereocenters. The molecule has 2 rings (SSSR count). The van der Waals surface area contributed by atoms with Crippen LogP contribution in [0.1, 0.15) is 29.8 Å². The molecule has 1 aromatic heterocycles. The highest BCUT2D eigenvalue weighted by molar-refractivity contribution is 9.10. The van der Waals surface area contributed by atoms with Gasteiger partial charge in [-0.3, -0.25) is 4.98 Å². The summed E-state index contributed by atoms with van der Waals surface area (Å²) in [5.41, 5.74) is 3.06. The zero-order valence-electron chi connectivity index (χ0n) is 11.7. The number of nitrogens with one attached hydrogen (secondary N) is 1. The van der Waals surface area contributed by atoms with Gasteiger partial charge in [0.25, 0.3) is 0 Å². The summed E-state index contributed by atoms with van der Waals surface area (Å²) in [7, 11) is 0. The van der Waals surface area contributed by atoms with E-state index in [2.05, 4.69) is 26.2 Å². The first-order valence-electron chi connectivity index (χ1n) is 6.70. The van der Waals surface area contributed by atoms with Gasteiger partial charge in [0, 0.05) is 28.8 Å². The van der Waals surface area contributed by atoms with E-state index < -0.39 is 0 Å². The highest BCUT2D eigenvalue weighted by Gasteiger charge is 2.15. The summed E-state index contributed by atoms with van der Waals surface area (Å²) in [6, 6.07) is 8.89. The predicted octanol–water partition coefficient (Wildman–Crippen LogP) is 4.18. The van der Waals surface area contributed by atoms with Crippen molar-refractivity contribution in [2.45, 2.75) is 26.3 Å². The lowest BCUT2D eigenvalue weighted by molar-refractivity contribution is 0.535. The van der Waals surface area contributed by atoms with E-state index in [1.807, 2.05) is 32.2 Å². The quantitative estimate of drug-likeness (QED) is 0.885. The maximum absolute atomic E-state index is 13.5. The average molecular weight is 337 g/mol. The van der Waals surface area contributed by atoms with Crippen molar-refractivity contribution in [2.75, 3.05) is 6.54 Å². The smallest absolute Gasteiger partial charge is 0.123 e. The summed E-state index contributed by atoms with van der Waals surface area (Å²) in [6.45, 7) is 4.88. The zero-order chi connectivity index (χ0) is 14.5. The minimum Gasteiger partial charge on any atom is -0.310 e. The number of hydrogen-bond acceptors (Lipinski definition) is 2. The van der Waals surface area contributed by atoms with E-state index in [0.717, 1.165) is 34.3 Å². The topological polar surface area (TPSA) is 24.9 Å². The number of aryl methyl sites for hydroxylation is 1. The summed E-state index contributed by atoms with van der Waals surface area (Å²) in [6.07, 6.45) is 2.59.